The molecule has 20 rings (SSSR count). The molecule has 0 fully saturated rings. The molecule has 148 heavy (non-hydrogen) atoms. The van der Waals surface area contributed by atoms with Gasteiger partial charge in [-0.3, -0.25) is 24.0 Å². The largest absolute Gasteiger partial charge is 0.463 e. The zero-order valence-corrected chi connectivity index (χ0v) is 83.1. The number of H-pyrrole nitrogens is 4. The van der Waals surface area contributed by atoms with Gasteiger partial charge in [0.1, 0.15) is 80.3 Å². The molecule has 15 N–H and O–H groups in total. The Morgan fingerprint density at radius 1 is 0.372 bits per heavy atom. The van der Waals surface area contributed by atoms with Crippen LogP contribution < -0.4 is 43.8 Å². The molecule has 1 aliphatic heterocycles. The molecule has 19 aromatic rings. The van der Waals surface area contributed by atoms with Gasteiger partial charge in [0.2, 0.25) is 0 Å². The van der Waals surface area contributed by atoms with Crippen molar-refractivity contribution in [3.8, 4) is 56.9 Å². The summed E-state index contributed by atoms with van der Waals surface area (Å²) in [6, 6.07) is 44.9. The van der Waals surface area contributed by atoms with Gasteiger partial charge in [0.05, 0.1) is 57.0 Å². The van der Waals surface area contributed by atoms with Crippen LogP contribution >= 0.6 is 24.0 Å². The third-order valence-electron chi connectivity index (χ3n) is 23.3. The number of hydrogen-bond acceptors (Lipinski definition) is 27. The normalized spacial score (nSPS) is 11.2. The van der Waals surface area contributed by atoms with E-state index in [-0.39, 0.29) is 87.8 Å². The van der Waals surface area contributed by atoms with Crippen molar-refractivity contribution in [2.24, 2.45) is 11.5 Å². The van der Waals surface area contributed by atoms with Crippen molar-refractivity contribution in [1.82, 2.24) is 89.7 Å². The second-order valence-corrected chi connectivity index (χ2v) is 35.3. The number of nitrogens with two attached hydrogens (primary N) is 3. The Bertz CT molecular complexity index is 7870. The Kier molecular flexibility index (Phi) is 33.9. The van der Waals surface area contributed by atoms with Gasteiger partial charge in [0, 0.05) is 171 Å². The number of Topliss-reactive ketones (excluding diaryl/α,β-unsaturated/α-hetero) is 3. The molecule has 40 heteroatoms. The van der Waals surface area contributed by atoms with Crippen molar-refractivity contribution in [3.63, 3.8) is 0 Å². The van der Waals surface area contributed by atoms with E-state index in [4.69, 9.17) is 33.8 Å². The highest BCUT2D eigenvalue weighted by Gasteiger charge is 2.28. The Hall–Kier alpha value is -18.1. The van der Waals surface area contributed by atoms with Crippen LogP contribution in [0.5, 0.6) is 0 Å². The van der Waals surface area contributed by atoms with Gasteiger partial charge in [0.25, 0.3) is 29.2 Å². The molecular weight excluding hydrogens is 1940 g/mol. The average Bonchev–Trinajstić information content (AvgIpc) is 1.62. The number of carbonyl (C=O) groups is 6. The molecule has 752 valence electrons. The van der Waals surface area contributed by atoms with E-state index in [0.29, 0.717) is 119 Å². The summed E-state index contributed by atoms with van der Waals surface area (Å²) >= 11 is 6.08. The summed E-state index contributed by atoms with van der Waals surface area (Å²) < 4.78 is 70.5. The van der Waals surface area contributed by atoms with Crippen LogP contribution in [0.25, 0.3) is 101 Å². The lowest BCUT2D eigenvalue weighted by Crippen LogP contribution is -2.22. The van der Waals surface area contributed by atoms with E-state index in [9.17, 15) is 50.7 Å². The lowest BCUT2D eigenvalue weighted by Gasteiger charge is -2.15. The number of halogens is 7. The van der Waals surface area contributed by atoms with Gasteiger partial charge in [-0.2, -0.15) is 0 Å². The molecule has 2 amide bonds. The maximum absolute atomic E-state index is 13.3. The van der Waals surface area contributed by atoms with E-state index in [1.54, 1.807) is 128 Å². The van der Waals surface area contributed by atoms with E-state index in [2.05, 4.69) is 130 Å². The highest BCUT2D eigenvalue weighted by atomic mass is 35.5. The van der Waals surface area contributed by atoms with Gasteiger partial charge in [-0.05, 0) is 200 Å². The number of nitrogens with zero attached hydrogens (tertiary/aromatic N) is 14. The van der Waals surface area contributed by atoms with Crippen molar-refractivity contribution in [3.05, 3.63) is 335 Å². The highest BCUT2D eigenvalue weighted by Crippen LogP contribution is 2.40. The predicted octanol–water partition coefficient (Wildman–Crippen LogP) is 22.5. The summed E-state index contributed by atoms with van der Waals surface area (Å²) in [5.74, 6) is -0.622. The standard InChI is InChI=1S/C23H20FN5O3.2C22H19FN6O2.C21H19FN4.C13H12ClFN2.C7H9N3.ClH/c1-12(2)15-10-26-20(13-4-6-14(24)7-5-13)29-21(15)28-17-8-9-25-22-18(17)16(11-27-22)19(30)23(31)32-3;2*1-11(2)14-9-26-20(12-3-5-13(23)6-4-12)29-21(14)28-16-7-8-25-22-17(16)15(10-27-22)18(30)19(24)31;1-13(2)17-12-24-20(14-6-8-15(22)9-7-14)26-21(17)25-19-5-3-4-18-16(19)10-11-23-18;1-8(2)11-7-16-13(17-12(11)14)9-3-5-10(15)6-4-9;8-6-2-4-10-7-5(6)1-3-9-7;/h4-12H,1-3H3,(H2,25,26,27,28,29);2*3-11H,1-2H3,(H2,24,31)(H2,25,26,27,28,29);3-13,23H,1-2H3,(H,24,25,26);3-8H,1-2H3;2,4H,1,3H2,(H3,8,9,10);1H. The van der Waals surface area contributed by atoms with Crippen LogP contribution in [-0.4, -0.2) is 138 Å². The SMILES string of the molecule is CC(C)c1cnc(-c2ccc(F)cc2)nc1Cl.CC(C)c1cnc(-c2ccc(F)cc2)nc1Nc1cccc2[nH]ccc12.CC(C)c1cnc(-c2ccc(F)cc2)nc1Nc1ccnc2[nH]cc(C(=O)C(N)=O)c12.CC(C)c1cnc(-c2ccc(F)cc2)nc1Nc1ccnc2[nH]cc(C(=O)C(N)=O)c12.COC(=O)C(=O)c1c[nH]c2nccc(Nc3nc(-c4ccc(F)cc4)ncc3C(C)C)c12.Cl.Nc1ccnc2c1CCN2. The van der Waals surface area contributed by atoms with Gasteiger partial charge in [-0.25, -0.2) is 96.5 Å². The van der Waals surface area contributed by atoms with Crippen LogP contribution in [0.4, 0.5) is 79.5 Å². The first-order chi connectivity index (χ1) is 70.6. The number of aromatic amines is 4. The zero-order valence-electron chi connectivity index (χ0n) is 81.5. The van der Waals surface area contributed by atoms with E-state index in [0.717, 1.165) is 92.9 Å². The monoisotopic (exact) mass is 2040 g/mol. The summed E-state index contributed by atoms with van der Waals surface area (Å²) in [7, 11) is 1.15. The Labute approximate surface area is 855 Å². The maximum Gasteiger partial charge on any atom is 0.379 e. The number of methoxy groups -OCH3 is 1. The molecule has 0 radical (unpaired) electrons. The topological polar surface area (TPSA) is 493 Å². The molecule has 6 aromatic carbocycles. The van der Waals surface area contributed by atoms with Gasteiger partial charge in [-0.1, -0.05) is 86.9 Å². The molecule has 0 bridgehead atoms. The van der Waals surface area contributed by atoms with E-state index < -0.39 is 35.1 Å². The van der Waals surface area contributed by atoms with Crippen molar-refractivity contribution < 1.29 is 55.5 Å². The van der Waals surface area contributed by atoms with Gasteiger partial charge in [-0.15, -0.1) is 12.4 Å². The number of aromatic nitrogens is 18. The number of fused-ring (bicyclic) bond motifs is 5. The smallest absolute Gasteiger partial charge is 0.379 e. The van der Waals surface area contributed by atoms with Crippen LogP contribution in [0.1, 0.15) is 163 Å². The van der Waals surface area contributed by atoms with Crippen LogP contribution in [0.15, 0.2) is 250 Å². The fraction of sp³-hybridized carbons (Fsp3) is 0.167. The Morgan fingerprint density at radius 3 is 0.993 bits per heavy atom. The van der Waals surface area contributed by atoms with Crippen LogP contribution in [0.3, 0.4) is 0 Å². The molecule has 1 aliphatic rings. The molecule has 0 saturated carbocycles. The molecule has 0 spiro atoms. The second kappa shape index (κ2) is 47.4. The summed E-state index contributed by atoms with van der Waals surface area (Å²) in [5, 5.41) is 19.2. The van der Waals surface area contributed by atoms with Gasteiger partial charge in [0.15, 0.2) is 29.1 Å². The van der Waals surface area contributed by atoms with Crippen molar-refractivity contribution in [1.29, 1.82) is 0 Å². The summed E-state index contributed by atoms with van der Waals surface area (Å²) in [5.41, 5.74) is 31.4. The van der Waals surface area contributed by atoms with Crippen LogP contribution in [-0.2, 0) is 25.5 Å². The maximum atomic E-state index is 13.3. The Balaban J connectivity index is 0.000000144. The number of pyridine rings is 4. The number of ether oxygens (including phenoxy) is 1. The van der Waals surface area contributed by atoms with Crippen molar-refractivity contribution in [2.75, 3.05) is 46.0 Å². The zero-order chi connectivity index (χ0) is 105. The second-order valence-electron chi connectivity index (χ2n) is 34.9. The summed E-state index contributed by atoms with van der Waals surface area (Å²) in [6.45, 7) is 21.3. The molecule has 13 aromatic heterocycles. The van der Waals surface area contributed by atoms with E-state index in [1.165, 1.54) is 84.8 Å². The lowest BCUT2D eigenvalue weighted by molar-refractivity contribution is -0.135. The number of nitrogen functional groups attached to an aromatic ring is 1. The number of nitrogens with one attached hydrogen (secondary N) is 9. The first-order valence-corrected chi connectivity index (χ1v) is 46.6. The number of primary amides is 2. The number of esters is 1. The number of amides is 2. The van der Waals surface area contributed by atoms with Crippen LogP contribution in [0.2, 0.25) is 5.15 Å². The quantitative estimate of drug-likeness (QED) is 0.00879. The number of hydrogen-bond donors (Lipinski definition) is 12. The van der Waals surface area contributed by atoms with Gasteiger partial charge >= 0.3 is 5.97 Å². The molecule has 0 unspecified atom stereocenters. The fourth-order valence-corrected chi connectivity index (χ4v) is 15.9. The number of carbonyl (C=O) groups excluding carboxylic acids is 6. The van der Waals surface area contributed by atoms with E-state index in [1.807, 2.05) is 98.1 Å². The van der Waals surface area contributed by atoms with E-state index >= 15 is 0 Å². The fourth-order valence-electron chi connectivity index (χ4n) is 15.5. The molecular formula is C108H99Cl2F5N26O7. The average molecular weight is 2040 g/mol. The summed E-state index contributed by atoms with van der Waals surface area (Å²) in [4.78, 5) is 145. The van der Waals surface area contributed by atoms with Crippen LogP contribution in [0, 0.1) is 29.1 Å². The Morgan fingerprint density at radius 2 is 0.682 bits per heavy atom. The molecule has 0 aliphatic carbocycles. The molecule has 33 nitrogen and oxygen atoms in total. The minimum absolute atomic E-state index is 0. The number of rotatable bonds is 24. The number of benzene rings is 6. The third-order valence-corrected chi connectivity index (χ3v) is 23.6. The molecule has 0 atom stereocenters. The third kappa shape index (κ3) is 24.9. The first kappa shape index (κ1) is 106. The minimum Gasteiger partial charge on any atom is -0.463 e. The number of ketones is 3. The highest BCUT2D eigenvalue weighted by molar-refractivity contribution is 6.46. The molecule has 14 heterocycles. The van der Waals surface area contributed by atoms with Gasteiger partial charge < -0.3 is 68.5 Å². The minimum atomic E-state index is -1.06. The molecule has 0 saturated heterocycles. The van der Waals surface area contributed by atoms with Crippen molar-refractivity contribution in [2.45, 2.75) is 105 Å². The lowest BCUT2D eigenvalue weighted by atomic mass is 10.0. The number of anilines is 10. The predicted molar refractivity (Wildman–Crippen MR) is 564 cm³/mol. The van der Waals surface area contributed by atoms with Crippen molar-refractivity contribution >= 4 is 161 Å². The first-order valence-electron chi connectivity index (χ1n) is 46.3. The summed E-state index contributed by atoms with van der Waals surface area (Å²) in [6.07, 6.45) is 22.3.